The highest BCUT2D eigenvalue weighted by molar-refractivity contribution is 7.89. The normalized spacial score (nSPS) is 19.7. The van der Waals surface area contributed by atoms with E-state index in [9.17, 15) is 8.42 Å². The summed E-state index contributed by atoms with van der Waals surface area (Å²) in [6.45, 7) is 1.07. The Hall–Kier alpha value is -1.16. The van der Waals surface area contributed by atoms with Crippen molar-refractivity contribution in [2.45, 2.75) is 24.0 Å². The summed E-state index contributed by atoms with van der Waals surface area (Å²) in [6.07, 6.45) is 3.59. The molecule has 1 atom stereocenters. The molecule has 9 heteroatoms. The molecule has 0 saturated carbocycles. The van der Waals surface area contributed by atoms with E-state index in [1.165, 1.54) is 15.6 Å². The highest BCUT2D eigenvalue weighted by atomic mass is 32.2. The smallest absolute Gasteiger partial charge is 0.262 e. The molecular formula is C12H18N4O3S2. The lowest BCUT2D eigenvalue weighted by Gasteiger charge is -2.20. The van der Waals surface area contributed by atoms with E-state index in [0.717, 1.165) is 12.8 Å². The van der Waals surface area contributed by atoms with Gasteiger partial charge in [-0.15, -0.1) is 11.3 Å². The molecule has 2 aromatic rings. The predicted molar refractivity (Wildman–Crippen MR) is 81.4 cm³/mol. The van der Waals surface area contributed by atoms with Crippen molar-refractivity contribution in [1.82, 2.24) is 13.7 Å². The van der Waals surface area contributed by atoms with Crippen LogP contribution < -0.4 is 5.32 Å². The summed E-state index contributed by atoms with van der Waals surface area (Å²) in [5.41, 5.74) is 0. The molecule has 3 heterocycles. The van der Waals surface area contributed by atoms with Gasteiger partial charge in [-0.05, 0) is 12.8 Å². The molecule has 0 spiro atoms. The molecule has 3 rings (SSSR count). The van der Waals surface area contributed by atoms with Crippen molar-refractivity contribution in [2.75, 3.05) is 32.6 Å². The lowest BCUT2D eigenvalue weighted by Crippen LogP contribution is -2.35. The molecule has 116 valence electrons. The molecule has 1 unspecified atom stereocenters. The maximum atomic E-state index is 12.8. The highest BCUT2D eigenvalue weighted by Gasteiger charge is 2.31. The van der Waals surface area contributed by atoms with Gasteiger partial charge in [0.05, 0.1) is 6.10 Å². The average Bonchev–Trinajstić information content (AvgIpc) is 3.13. The van der Waals surface area contributed by atoms with E-state index >= 15 is 0 Å². The Morgan fingerprint density at radius 3 is 3.10 bits per heavy atom. The van der Waals surface area contributed by atoms with Gasteiger partial charge in [0.15, 0.2) is 15.8 Å². The average molecular weight is 330 g/mol. The number of sulfonamides is 1. The van der Waals surface area contributed by atoms with Crippen LogP contribution in [0.4, 0.5) is 5.82 Å². The first-order valence-electron chi connectivity index (χ1n) is 6.75. The van der Waals surface area contributed by atoms with Crippen molar-refractivity contribution in [1.29, 1.82) is 0 Å². The van der Waals surface area contributed by atoms with E-state index in [2.05, 4.69) is 10.3 Å². The Bertz CT molecular complexity index is 731. The molecule has 2 aromatic heterocycles. The summed E-state index contributed by atoms with van der Waals surface area (Å²) in [6, 6.07) is 0. The third-order valence-electron chi connectivity index (χ3n) is 3.59. The summed E-state index contributed by atoms with van der Waals surface area (Å²) in [4.78, 5) is 4.96. The van der Waals surface area contributed by atoms with Crippen molar-refractivity contribution in [2.24, 2.45) is 0 Å². The fraction of sp³-hybridized carbons (Fsp3) is 0.583. The van der Waals surface area contributed by atoms with Crippen molar-refractivity contribution < 1.29 is 13.2 Å². The molecule has 7 nitrogen and oxygen atoms in total. The van der Waals surface area contributed by atoms with Crippen LogP contribution in [0.25, 0.3) is 4.96 Å². The fourth-order valence-electron chi connectivity index (χ4n) is 2.50. The van der Waals surface area contributed by atoms with Crippen LogP contribution >= 0.6 is 11.3 Å². The Kier molecular flexibility index (Phi) is 3.91. The van der Waals surface area contributed by atoms with Gasteiger partial charge in [-0.3, -0.25) is 4.40 Å². The maximum Gasteiger partial charge on any atom is 0.262 e. The molecule has 1 N–H and O–H groups in total. The number of nitrogens with zero attached hydrogens (tertiary/aromatic N) is 3. The largest absolute Gasteiger partial charge is 0.377 e. The molecule has 0 aromatic carbocycles. The van der Waals surface area contributed by atoms with Crippen LogP contribution in [0, 0.1) is 0 Å². The Morgan fingerprint density at radius 1 is 1.62 bits per heavy atom. The van der Waals surface area contributed by atoms with Crippen LogP contribution in [-0.2, 0) is 14.8 Å². The number of fused-ring (bicyclic) bond motifs is 1. The van der Waals surface area contributed by atoms with Crippen LogP contribution in [0.2, 0.25) is 0 Å². The lowest BCUT2D eigenvalue weighted by molar-refractivity contribution is 0.0978. The number of likely N-dealkylation sites (N-methyl/N-ethyl adjacent to an activating group) is 1. The number of hydrogen-bond donors (Lipinski definition) is 1. The minimum atomic E-state index is -3.62. The molecule has 21 heavy (non-hydrogen) atoms. The topological polar surface area (TPSA) is 75.9 Å². The second-order valence-electron chi connectivity index (χ2n) is 4.99. The predicted octanol–water partition coefficient (Wildman–Crippen LogP) is 1.24. The first-order valence-corrected chi connectivity index (χ1v) is 9.07. The van der Waals surface area contributed by atoms with Gasteiger partial charge in [0.1, 0.15) is 0 Å². The standard InChI is InChI=1S/C12H18N4O3S2/c1-13-10-11(16-5-7-20-12(16)14-10)21(17,18)15(2)8-9-4-3-6-19-9/h5,7,9,13H,3-4,6,8H2,1-2H3. The molecule has 0 radical (unpaired) electrons. The van der Waals surface area contributed by atoms with E-state index in [0.29, 0.717) is 23.9 Å². The van der Waals surface area contributed by atoms with Crippen LogP contribution in [0.3, 0.4) is 0 Å². The van der Waals surface area contributed by atoms with Gasteiger partial charge < -0.3 is 10.1 Å². The molecule has 0 amide bonds. The highest BCUT2D eigenvalue weighted by Crippen LogP contribution is 2.28. The third-order valence-corrected chi connectivity index (χ3v) is 6.20. The van der Waals surface area contributed by atoms with Gasteiger partial charge in [0, 0.05) is 38.8 Å². The number of anilines is 1. The maximum absolute atomic E-state index is 12.8. The number of aromatic nitrogens is 2. The number of ether oxygens (including phenoxy) is 1. The van der Waals surface area contributed by atoms with Crippen LogP contribution in [0.15, 0.2) is 16.6 Å². The van der Waals surface area contributed by atoms with Gasteiger partial charge in [-0.25, -0.2) is 13.4 Å². The van der Waals surface area contributed by atoms with Crippen LogP contribution in [0.1, 0.15) is 12.8 Å². The fourth-order valence-corrected chi connectivity index (χ4v) is 4.71. The van der Waals surface area contributed by atoms with E-state index in [1.54, 1.807) is 24.7 Å². The van der Waals surface area contributed by atoms with Gasteiger partial charge >= 0.3 is 0 Å². The third kappa shape index (κ3) is 2.54. The molecule has 1 saturated heterocycles. The van der Waals surface area contributed by atoms with Crippen molar-refractivity contribution >= 4 is 32.1 Å². The van der Waals surface area contributed by atoms with Gasteiger partial charge in [0.25, 0.3) is 10.0 Å². The zero-order valence-corrected chi connectivity index (χ0v) is 13.6. The number of hydrogen-bond acceptors (Lipinski definition) is 6. The lowest BCUT2D eigenvalue weighted by atomic mass is 10.2. The van der Waals surface area contributed by atoms with Gasteiger partial charge in [-0.1, -0.05) is 0 Å². The molecular weight excluding hydrogens is 312 g/mol. The molecule has 0 bridgehead atoms. The van der Waals surface area contributed by atoms with Crippen LogP contribution in [-0.4, -0.2) is 55.5 Å². The zero-order chi connectivity index (χ0) is 15.0. The quantitative estimate of drug-likeness (QED) is 0.892. The van der Waals surface area contributed by atoms with E-state index in [1.807, 2.05) is 5.38 Å². The first-order chi connectivity index (χ1) is 10.0. The minimum absolute atomic E-state index is 0.0197. The number of imidazole rings is 1. The first kappa shape index (κ1) is 14.8. The van der Waals surface area contributed by atoms with E-state index < -0.39 is 10.0 Å². The molecule has 0 aliphatic carbocycles. The summed E-state index contributed by atoms with van der Waals surface area (Å²) >= 11 is 1.40. The molecule has 1 fully saturated rings. The van der Waals surface area contributed by atoms with E-state index in [4.69, 9.17) is 4.74 Å². The number of rotatable bonds is 5. The Labute approximate surface area is 127 Å². The Morgan fingerprint density at radius 2 is 2.43 bits per heavy atom. The van der Waals surface area contributed by atoms with Crippen LogP contribution in [0.5, 0.6) is 0 Å². The zero-order valence-electron chi connectivity index (χ0n) is 11.9. The number of thiazole rings is 1. The second-order valence-corrected chi connectivity index (χ2v) is 7.82. The van der Waals surface area contributed by atoms with Crippen molar-refractivity contribution in [3.05, 3.63) is 11.6 Å². The molecule has 1 aliphatic heterocycles. The summed E-state index contributed by atoms with van der Waals surface area (Å²) in [7, 11) is -0.367. The summed E-state index contributed by atoms with van der Waals surface area (Å²) in [5.74, 6) is 0.376. The van der Waals surface area contributed by atoms with Gasteiger partial charge in [0.2, 0.25) is 0 Å². The summed E-state index contributed by atoms with van der Waals surface area (Å²) < 4.78 is 34.2. The van der Waals surface area contributed by atoms with Crippen molar-refractivity contribution in [3.8, 4) is 0 Å². The van der Waals surface area contributed by atoms with Gasteiger partial charge in [-0.2, -0.15) is 4.31 Å². The number of nitrogens with one attached hydrogen (secondary N) is 1. The second kappa shape index (κ2) is 5.56. The minimum Gasteiger partial charge on any atom is -0.377 e. The van der Waals surface area contributed by atoms with E-state index in [-0.39, 0.29) is 11.1 Å². The monoisotopic (exact) mass is 330 g/mol. The molecule has 1 aliphatic rings. The SMILES string of the molecule is CNc1nc2sccn2c1S(=O)(=O)N(C)CC1CCCO1. The summed E-state index contributed by atoms with van der Waals surface area (Å²) in [5, 5.41) is 4.87. The Balaban J connectivity index is 1.96. The van der Waals surface area contributed by atoms with Crippen molar-refractivity contribution in [3.63, 3.8) is 0 Å².